The number of aryl methyl sites for hydroxylation is 1. The summed E-state index contributed by atoms with van der Waals surface area (Å²) >= 11 is 6.25. The predicted molar refractivity (Wildman–Crippen MR) is 98.0 cm³/mol. The van der Waals surface area contributed by atoms with Gasteiger partial charge in [0.05, 0.1) is 28.6 Å². The smallest absolute Gasteiger partial charge is 0.338 e. The Bertz CT molecular complexity index is 873. The van der Waals surface area contributed by atoms with Gasteiger partial charge in [0.25, 0.3) is 5.91 Å². The Labute approximate surface area is 150 Å². The number of halogens is 1. The summed E-state index contributed by atoms with van der Waals surface area (Å²) in [5, 5.41) is 3.27. The number of amides is 1. The minimum atomic E-state index is -0.372. The number of fused-ring (bicyclic) bond motifs is 1. The summed E-state index contributed by atoms with van der Waals surface area (Å²) in [5.74, 6) is -0.665. The number of carbonyl (C=O) groups is 2. The molecular weight excluding hydrogens is 340 g/mol. The maximum Gasteiger partial charge on any atom is 0.338 e. The molecule has 1 aliphatic heterocycles. The van der Waals surface area contributed by atoms with Gasteiger partial charge in [0.1, 0.15) is 5.71 Å². The lowest BCUT2D eigenvalue weighted by molar-refractivity contribution is -0.110. The lowest BCUT2D eigenvalue weighted by Crippen LogP contribution is -2.14. The lowest BCUT2D eigenvalue weighted by Gasteiger charge is -2.05. The number of nitrogens with zero attached hydrogens (tertiary/aromatic N) is 1. The molecule has 5 nitrogen and oxygen atoms in total. The zero-order chi connectivity index (χ0) is 18.0. The first-order valence-corrected chi connectivity index (χ1v) is 8.35. The van der Waals surface area contributed by atoms with Crippen LogP contribution in [-0.2, 0) is 9.53 Å². The summed E-state index contributed by atoms with van der Waals surface area (Å²) in [6.45, 7) is 4.22. The van der Waals surface area contributed by atoms with Gasteiger partial charge in [-0.2, -0.15) is 0 Å². The van der Waals surface area contributed by atoms with Crippen molar-refractivity contribution in [2.24, 2.45) is 4.99 Å². The Morgan fingerprint density at radius 2 is 1.92 bits per heavy atom. The molecule has 1 aliphatic rings. The molecule has 0 aromatic heterocycles. The predicted octanol–water partition coefficient (Wildman–Crippen LogP) is 4.29. The second kappa shape index (κ2) is 7.07. The second-order valence-electron chi connectivity index (χ2n) is 5.71. The first kappa shape index (κ1) is 17.2. The summed E-state index contributed by atoms with van der Waals surface area (Å²) in [6, 6.07) is 10.2. The van der Waals surface area contributed by atoms with E-state index in [9.17, 15) is 9.59 Å². The molecule has 128 valence electrons. The lowest BCUT2D eigenvalue weighted by atomic mass is 10.1. The number of anilines is 1. The highest BCUT2D eigenvalue weighted by atomic mass is 35.5. The summed E-state index contributed by atoms with van der Waals surface area (Å²) in [7, 11) is 0. The van der Waals surface area contributed by atoms with E-state index in [1.165, 1.54) is 0 Å². The van der Waals surface area contributed by atoms with E-state index in [0.29, 0.717) is 34.1 Å². The Kier molecular flexibility index (Phi) is 4.86. The number of aliphatic imine (C=N–C) groups is 1. The third-order valence-corrected chi connectivity index (χ3v) is 4.15. The van der Waals surface area contributed by atoms with Crippen LogP contribution in [0.15, 0.2) is 41.4 Å². The highest BCUT2D eigenvalue weighted by Crippen LogP contribution is 2.34. The highest BCUT2D eigenvalue weighted by Gasteiger charge is 2.29. The molecule has 0 spiro atoms. The summed E-state index contributed by atoms with van der Waals surface area (Å²) in [6.07, 6.45) is 0.770. The monoisotopic (exact) mass is 356 g/mol. The molecule has 0 fully saturated rings. The average Bonchev–Trinajstić information content (AvgIpc) is 2.94. The van der Waals surface area contributed by atoms with Crippen molar-refractivity contribution in [2.75, 3.05) is 11.9 Å². The molecule has 0 bridgehead atoms. The van der Waals surface area contributed by atoms with Crippen LogP contribution in [-0.4, -0.2) is 24.2 Å². The van der Waals surface area contributed by atoms with Crippen molar-refractivity contribution < 1.29 is 14.3 Å². The van der Waals surface area contributed by atoms with Crippen LogP contribution < -0.4 is 5.32 Å². The van der Waals surface area contributed by atoms with Crippen LogP contribution in [0.3, 0.4) is 0 Å². The molecule has 25 heavy (non-hydrogen) atoms. The molecule has 1 heterocycles. The molecule has 0 radical (unpaired) electrons. The van der Waals surface area contributed by atoms with Gasteiger partial charge in [0.15, 0.2) is 0 Å². The summed E-state index contributed by atoms with van der Waals surface area (Å²) < 4.78 is 5.09. The highest BCUT2D eigenvalue weighted by molar-refractivity contribution is 6.57. The molecule has 1 N–H and O–H groups in total. The Balaban J connectivity index is 1.91. The van der Waals surface area contributed by atoms with E-state index in [1.807, 2.05) is 19.9 Å². The van der Waals surface area contributed by atoms with Gasteiger partial charge in [-0.25, -0.2) is 9.79 Å². The third-order valence-electron chi connectivity index (χ3n) is 3.83. The van der Waals surface area contributed by atoms with Crippen molar-refractivity contribution in [2.45, 2.75) is 20.3 Å². The van der Waals surface area contributed by atoms with Gasteiger partial charge in [-0.05, 0) is 49.2 Å². The fraction of sp³-hybridized carbons (Fsp3) is 0.211. The molecule has 0 saturated heterocycles. The molecule has 0 unspecified atom stereocenters. The Morgan fingerprint density at radius 3 is 2.60 bits per heavy atom. The van der Waals surface area contributed by atoms with Crippen LogP contribution in [0.4, 0.5) is 11.4 Å². The number of carbonyl (C=O) groups excluding carboxylic acids is 2. The number of hydrogen-bond acceptors (Lipinski definition) is 4. The van der Waals surface area contributed by atoms with Crippen LogP contribution in [0.25, 0.3) is 0 Å². The number of nitrogens with one attached hydrogen (secondary N) is 1. The molecule has 0 aliphatic carbocycles. The van der Waals surface area contributed by atoms with Gasteiger partial charge in [0, 0.05) is 5.56 Å². The quantitative estimate of drug-likeness (QED) is 0.831. The number of rotatable bonds is 4. The van der Waals surface area contributed by atoms with Crippen LogP contribution in [0, 0.1) is 6.92 Å². The van der Waals surface area contributed by atoms with E-state index in [4.69, 9.17) is 16.3 Å². The fourth-order valence-corrected chi connectivity index (χ4v) is 2.79. The van der Waals surface area contributed by atoms with Crippen molar-refractivity contribution in [3.63, 3.8) is 0 Å². The van der Waals surface area contributed by atoms with Gasteiger partial charge in [-0.3, -0.25) is 4.79 Å². The first-order valence-electron chi connectivity index (χ1n) is 7.98. The van der Waals surface area contributed by atoms with E-state index in [2.05, 4.69) is 10.3 Å². The van der Waals surface area contributed by atoms with Crippen molar-refractivity contribution in [1.82, 2.24) is 0 Å². The van der Waals surface area contributed by atoms with E-state index < -0.39 is 0 Å². The second-order valence-corrected chi connectivity index (χ2v) is 6.12. The standard InChI is InChI=1S/C19H17ClN2O3/c1-3-10-25-19(24)12-5-7-13(8-6-12)21-17-15-14(20)9-4-11(2)16(15)22-18(17)23/h4-9H,3,10H2,1-2H3,(H,21,22,23). The van der Waals surface area contributed by atoms with Crippen molar-refractivity contribution in [1.29, 1.82) is 0 Å². The van der Waals surface area contributed by atoms with Gasteiger partial charge in [-0.15, -0.1) is 0 Å². The Morgan fingerprint density at radius 1 is 1.20 bits per heavy atom. The minimum Gasteiger partial charge on any atom is -0.462 e. The van der Waals surface area contributed by atoms with E-state index in [-0.39, 0.29) is 17.6 Å². The number of benzene rings is 2. The van der Waals surface area contributed by atoms with Gasteiger partial charge in [-0.1, -0.05) is 24.6 Å². The minimum absolute atomic E-state index is 0.269. The van der Waals surface area contributed by atoms with Crippen molar-refractivity contribution in [3.05, 3.63) is 58.1 Å². The van der Waals surface area contributed by atoms with E-state index in [1.54, 1.807) is 30.3 Å². The molecule has 0 atom stereocenters. The van der Waals surface area contributed by atoms with Crippen molar-refractivity contribution >= 4 is 40.6 Å². The maximum absolute atomic E-state index is 12.3. The van der Waals surface area contributed by atoms with E-state index >= 15 is 0 Å². The SMILES string of the molecule is CCCOC(=O)c1ccc(N=C2C(=O)Nc3c(C)ccc(Cl)c32)cc1. The first-order chi connectivity index (χ1) is 12.0. The molecule has 2 aromatic rings. The fourth-order valence-electron chi connectivity index (χ4n) is 2.55. The van der Waals surface area contributed by atoms with Crippen LogP contribution in [0.5, 0.6) is 0 Å². The number of ether oxygens (including phenoxy) is 1. The topological polar surface area (TPSA) is 67.8 Å². The van der Waals surface area contributed by atoms with Gasteiger partial charge < -0.3 is 10.1 Å². The molecular formula is C19H17ClN2O3. The molecule has 2 aromatic carbocycles. The zero-order valence-corrected chi connectivity index (χ0v) is 14.7. The van der Waals surface area contributed by atoms with Crippen LogP contribution in [0.1, 0.15) is 34.8 Å². The average molecular weight is 357 g/mol. The van der Waals surface area contributed by atoms with Crippen molar-refractivity contribution in [3.8, 4) is 0 Å². The zero-order valence-electron chi connectivity index (χ0n) is 13.9. The number of hydrogen-bond donors (Lipinski definition) is 1. The van der Waals surface area contributed by atoms with E-state index in [0.717, 1.165) is 12.0 Å². The molecule has 1 amide bonds. The largest absolute Gasteiger partial charge is 0.462 e. The van der Waals surface area contributed by atoms with Crippen LogP contribution >= 0.6 is 11.6 Å². The normalized spacial score (nSPS) is 14.4. The number of esters is 1. The molecule has 6 heteroatoms. The summed E-state index contributed by atoms with van der Waals surface area (Å²) in [5.41, 5.74) is 3.50. The summed E-state index contributed by atoms with van der Waals surface area (Å²) in [4.78, 5) is 28.5. The molecule has 0 saturated carbocycles. The van der Waals surface area contributed by atoms with Gasteiger partial charge in [0.2, 0.25) is 0 Å². The molecule has 3 rings (SSSR count). The Hall–Kier alpha value is -2.66. The van der Waals surface area contributed by atoms with Gasteiger partial charge >= 0.3 is 5.97 Å². The van der Waals surface area contributed by atoms with Crippen LogP contribution in [0.2, 0.25) is 5.02 Å². The third kappa shape index (κ3) is 3.42. The maximum atomic E-state index is 12.3.